The van der Waals surface area contributed by atoms with Crippen molar-refractivity contribution in [3.05, 3.63) is 64.6 Å². The third kappa shape index (κ3) is 5.78. The summed E-state index contributed by atoms with van der Waals surface area (Å²) in [6.07, 6.45) is -3.00. The topological polar surface area (TPSA) is 164 Å². The van der Waals surface area contributed by atoms with Crippen molar-refractivity contribution in [1.82, 2.24) is 15.0 Å². The second-order valence-corrected chi connectivity index (χ2v) is 8.57. The number of ether oxygens (including phenoxy) is 2. The van der Waals surface area contributed by atoms with Gasteiger partial charge in [-0.25, -0.2) is 4.79 Å². The van der Waals surface area contributed by atoms with Gasteiger partial charge in [0.2, 0.25) is 6.10 Å². The lowest BCUT2D eigenvalue weighted by atomic mass is 10.1. The van der Waals surface area contributed by atoms with Gasteiger partial charge in [-0.2, -0.15) is 0 Å². The van der Waals surface area contributed by atoms with E-state index in [1.807, 2.05) is 0 Å². The number of anilines is 2. The number of esters is 1. The number of aromatic nitrogens is 2. The Balaban J connectivity index is 1.53. The summed E-state index contributed by atoms with van der Waals surface area (Å²) in [5.41, 5.74) is 1.69. The molecule has 38 heavy (non-hydrogen) atoms. The van der Waals surface area contributed by atoms with E-state index in [0.29, 0.717) is 22.5 Å². The average Bonchev–Trinajstić information content (AvgIpc) is 3.33. The highest BCUT2D eigenvalue weighted by molar-refractivity contribution is 6.05. The Labute approximate surface area is 216 Å². The van der Waals surface area contributed by atoms with E-state index in [-0.39, 0.29) is 24.9 Å². The number of morpholine rings is 1. The number of H-pyrrole nitrogens is 1. The molecule has 2 N–H and O–H groups in total. The van der Waals surface area contributed by atoms with Gasteiger partial charge in [-0.05, 0) is 42.5 Å². The first-order chi connectivity index (χ1) is 18.1. The van der Waals surface area contributed by atoms with Gasteiger partial charge in [0.15, 0.2) is 11.9 Å². The van der Waals surface area contributed by atoms with Crippen molar-refractivity contribution in [1.29, 1.82) is 0 Å². The summed E-state index contributed by atoms with van der Waals surface area (Å²) in [6, 6.07) is 12.8. The molecule has 2 aromatic carbocycles. The number of hydrogen-bond acceptors (Lipinski definition) is 9. The van der Waals surface area contributed by atoms with Crippen molar-refractivity contribution in [2.45, 2.75) is 19.1 Å². The first-order valence-electron chi connectivity index (χ1n) is 11.5. The van der Waals surface area contributed by atoms with E-state index in [9.17, 15) is 24.0 Å². The predicted molar refractivity (Wildman–Crippen MR) is 133 cm³/mol. The standard InChI is InChI=1S/C25H25N5O8/c1-14(31)37-19(22(32)26-17-9-7-15(8-10-17)21-27-25(35)38-28-21)20-24(34)30(11-12-36-20)18-6-4-5-16(13-18)23(33)29(2)3/h4-10,13,19-20H,11-12H2,1-3H3,(H,26,32)(H,27,28,35)/t19-,20-/m1/s1. The maximum Gasteiger partial charge on any atom is 0.439 e. The maximum absolute atomic E-state index is 13.4. The molecule has 1 saturated heterocycles. The molecular formula is C25H25N5O8. The van der Waals surface area contributed by atoms with Crippen molar-refractivity contribution in [2.75, 3.05) is 37.5 Å². The van der Waals surface area contributed by atoms with Crippen LogP contribution in [-0.4, -0.2) is 78.2 Å². The second kappa shape index (κ2) is 11.1. The van der Waals surface area contributed by atoms with Crippen LogP contribution in [0.4, 0.5) is 11.4 Å². The van der Waals surface area contributed by atoms with Crippen molar-refractivity contribution < 1.29 is 33.2 Å². The SMILES string of the molecule is CC(=O)O[C@@H](C(=O)Nc1ccc(-c2noc(=O)[nH]2)cc1)[C@H]1OCCN(c2cccc(C(=O)N(C)C)c2)C1=O. The van der Waals surface area contributed by atoms with Crippen LogP contribution in [0, 0.1) is 0 Å². The van der Waals surface area contributed by atoms with E-state index in [1.54, 1.807) is 50.5 Å². The molecule has 1 aromatic heterocycles. The molecule has 2 heterocycles. The number of carbonyl (C=O) groups excluding carboxylic acids is 4. The molecule has 13 heteroatoms. The highest BCUT2D eigenvalue weighted by Gasteiger charge is 2.42. The molecular weight excluding hydrogens is 498 g/mol. The Morgan fingerprint density at radius 3 is 2.53 bits per heavy atom. The molecule has 1 aliphatic heterocycles. The summed E-state index contributed by atoms with van der Waals surface area (Å²) in [7, 11) is 3.24. The average molecular weight is 524 g/mol. The molecule has 0 spiro atoms. The number of hydrogen-bond donors (Lipinski definition) is 2. The number of amides is 3. The third-order valence-corrected chi connectivity index (χ3v) is 5.63. The van der Waals surface area contributed by atoms with Gasteiger partial charge < -0.3 is 24.6 Å². The smallest absolute Gasteiger partial charge is 0.439 e. The highest BCUT2D eigenvalue weighted by atomic mass is 16.6. The van der Waals surface area contributed by atoms with Crippen LogP contribution in [0.1, 0.15) is 17.3 Å². The lowest BCUT2D eigenvalue weighted by Gasteiger charge is -2.35. The summed E-state index contributed by atoms with van der Waals surface area (Å²) in [6.45, 7) is 1.36. The van der Waals surface area contributed by atoms with E-state index < -0.39 is 35.7 Å². The fraction of sp³-hybridized carbons (Fsp3) is 0.280. The van der Waals surface area contributed by atoms with Gasteiger partial charge >= 0.3 is 11.7 Å². The van der Waals surface area contributed by atoms with Gasteiger partial charge in [0.05, 0.1) is 6.61 Å². The van der Waals surface area contributed by atoms with Crippen LogP contribution in [-0.2, 0) is 23.9 Å². The Morgan fingerprint density at radius 2 is 1.89 bits per heavy atom. The van der Waals surface area contributed by atoms with Gasteiger partial charge in [0.25, 0.3) is 17.7 Å². The van der Waals surface area contributed by atoms with Crippen molar-refractivity contribution in [3.63, 3.8) is 0 Å². The molecule has 198 valence electrons. The van der Waals surface area contributed by atoms with Gasteiger partial charge in [-0.15, -0.1) is 0 Å². The first kappa shape index (κ1) is 26.3. The first-order valence-corrected chi connectivity index (χ1v) is 11.5. The molecule has 1 fully saturated rings. The number of aromatic amines is 1. The molecule has 2 atom stereocenters. The monoisotopic (exact) mass is 523 g/mol. The lowest BCUT2D eigenvalue weighted by molar-refractivity contribution is -0.167. The predicted octanol–water partition coefficient (Wildman–Crippen LogP) is 1.03. The van der Waals surface area contributed by atoms with Gasteiger partial charge in [0.1, 0.15) is 0 Å². The Kier molecular flexibility index (Phi) is 7.67. The van der Waals surface area contributed by atoms with Crippen LogP contribution in [0.2, 0.25) is 0 Å². The maximum atomic E-state index is 13.4. The Hall–Kier alpha value is -4.78. The van der Waals surface area contributed by atoms with Crippen LogP contribution in [0.25, 0.3) is 11.4 Å². The second-order valence-electron chi connectivity index (χ2n) is 8.57. The largest absolute Gasteiger partial charge is 0.449 e. The molecule has 0 radical (unpaired) electrons. The van der Waals surface area contributed by atoms with Gasteiger partial charge in [0, 0.05) is 50.1 Å². The lowest BCUT2D eigenvalue weighted by Crippen LogP contribution is -2.56. The number of benzene rings is 2. The van der Waals surface area contributed by atoms with Gasteiger partial charge in [-0.1, -0.05) is 11.2 Å². The number of rotatable bonds is 7. The molecule has 13 nitrogen and oxygen atoms in total. The van der Waals surface area contributed by atoms with E-state index in [2.05, 4.69) is 20.0 Å². The minimum absolute atomic E-state index is 0.0674. The molecule has 0 bridgehead atoms. The van der Waals surface area contributed by atoms with E-state index in [0.717, 1.165) is 6.92 Å². The van der Waals surface area contributed by atoms with E-state index >= 15 is 0 Å². The summed E-state index contributed by atoms with van der Waals surface area (Å²) in [5, 5.41) is 6.20. The quantitative estimate of drug-likeness (QED) is 0.431. The number of nitrogens with zero attached hydrogens (tertiary/aromatic N) is 3. The Morgan fingerprint density at radius 1 is 1.16 bits per heavy atom. The van der Waals surface area contributed by atoms with E-state index in [1.165, 1.54) is 21.9 Å². The molecule has 0 saturated carbocycles. The van der Waals surface area contributed by atoms with Crippen LogP contribution in [0.3, 0.4) is 0 Å². The Bertz CT molecular complexity index is 1410. The fourth-order valence-electron chi connectivity index (χ4n) is 3.86. The zero-order valence-corrected chi connectivity index (χ0v) is 20.8. The number of nitrogens with one attached hydrogen (secondary N) is 2. The molecule has 3 amide bonds. The van der Waals surface area contributed by atoms with Gasteiger partial charge in [-0.3, -0.25) is 28.7 Å². The van der Waals surface area contributed by atoms with Crippen LogP contribution in [0.5, 0.6) is 0 Å². The van der Waals surface area contributed by atoms with Crippen LogP contribution < -0.4 is 16.0 Å². The number of carbonyl (C=O) groups is 4. The highest BCUT2D eigenvalue weighted by Crippen LogP contribution is 2.24. The third-order valence-electron chi connectivity index (χ3n) is 5.63. The summed E-state index contributed by atoms with van der Waals surface area (Å²) >= 11 is 0. The van der Waals surface area contributed by atoms with E-state index in [4.69, 9.17) is 9.47 Å². The van der Waals surface area contributed by atoms with Crippen molar-refractivity contribution in [3.8, 4) is 11.4 Å². The van der Waals surface area contributed by atoms with Crippen LogP contribution >= 0.6 is 0 Å². The molecule has 0 unspecified atom stereocenters. The molecule has 0 aliphatic carbocycles. The van der Waals surface area contributed by atoms with Crippen molar-refractivity contribution in [2.24, 2.45) is 0 Å². The summed E-state index contributed by atoms with van der Waals surface area (Å²) in [5.74, 6) is -2.88. The van der Waals surface area contributed by atoms with Crippen molar-refractivity contribution >= 4 is 35.1 Å². The zero-order chi connectivity index (χ0) is 27.4. The molecule has 1 aliphatic rings. The molecule has 3 aromatic rings. The summed E-state index contributed by atoms with van der Waals surface area (Å²) < 4.78 is 15.3. The van der Waals surface area contributed by atoms with Crippen LogP contribution in [0.15, 0.2) is 57.8 Å². The fourth-order valence-corrected chi connectivity index (χ4v) is 3.86. The molecule has 4 rings (SSSR count). The minimum atomic E-state index is -1.58. The normalized spacial score (nSPS) is 16.0. The zero-order valence-electron chi connectivity index (χ0n) is 20.8. The summed E-state index contributed by atoms with van der Waals surface area (Å²) in [4.78, 5) is 67.2. The minimum Gasteiger partial charge on any atom is -0.449 e.